The van der Waals surface area contributed by atoms with Gasteiger partial charge >= 0.3 is 0 Å². The predicted octanol–water partition coefficient (Wildman–Crippen LogP) is 7.35. The molecule has 0 saturated carbocycles. The Morgan fingerprint density at radius 3 is 1.86 bits per heavy atom. The van der Waals surface area contributed by atoms with Crippen LogP contribution >= 0.6 is 11.3 Å². The van der Waals surface area contributed by atoms with Crippen LogP contribution in [0.2, 0.25) is 0 Å². The fourth-order valence-corrected chi connectivity index (χ4v) is 3.50. The van der Waals surface area contributed by atoms with Gasteiger partial charge in [0, 0.05) is 4.88 Å². The van der Waals surface area contributed by atoms with Gasteiger partial charge in [0.05, 0.1) is 6.61 Å². The van der Waals surface area contributed by atoms with Crippen LogP contribution in [0, 0.1) is 0 Å². The van der Waals surface area contributed by atoms with E-state index < -0.39 is 0 Å². The summed E-state index contributed by atoms with van der Waals surface area (Å²) in [5, 5.41) is 1.08. The summed E-state index contributed by atoms with van der Waals surface area (Å²) in [6, 6.07) is 4.33. The lowest BCUT2D eigenvalue weighted by Gasteiger charge is -2.15. The zero-order valence-electron chi connectivity index (χ0n) is 15.2. The van der Waals surface area contributed by atoms with Gasteiger partial charge in [0.1, 0.15) is 0 Å². The van der Waals surface area contributed by atoms with E-state index in [1.165, 1.54) is 69.1 Å². The largest absolute Gasteiger partial charge is 0.484 e. The summed E-state index contributed by atoms with van der Waals surface area (Å²) in [4.78, 5) is 1.41. The van der Waals surface area contributed by atoms with Crippen LogP contribution in [0.1, 0.15) is 96.8 Å². The fourth-order valence-electron chi connectivity index (χ4n) is 2.56. The van der Waals surface area contributed by atoms with Gasteiger partial charge in [-0.05, 0) is 24.0 Å². The van der Waals surface area contributed by atoms with Crippen molar-refractivity contribution in [2.45, 2.75) is 97.3 Å². The average molecular weight is 325 g/mol. The van der Waals surface area contributed by atoms with Crippen LogP contribution in [0.3, 0.4) is 0 Å². The summed E-state index contributed by atoms with van der Waals surface area (Å²) in [6.45, 7) is 9.92. The highest BCUT2D eigenvalue weighted by atomic mass is 32.1. The van der Waals surface area contributed by atoms with Crippen LogP contribution in [0.4, 0.5) is 0 Å². The quantitative estimate of drug-likeness (QED) is 0.365. The van der Waals surface area contributed by atoms with Crippen molar-refractivity contribution in [3.8, 4) is 5.06 Å². The van der Waals surface area contributed by atoms with Crippen molar-refractivity contribution in [1.29, 1.82) is 0 Å². The molecule has 128 valence electrons. The monoisotopic (exact) mass is 324 g/mol. The maximum absolute atomic E-state index is 5.87. The molecule has 22 heavy (non-hydrogen) atoms. The lowest BCUT2D eigenvalue weighted by molar-refractivity contribution is 0.312. The van der Waals surface area contributed by atoms with E-state index in [0.717, 1.165) is 11.7 Å². The van der Waals surface area contributed by atoms with E-state index >= 15 is 0 Å². The number of rotatable bonds is 12. The van der Waals surface area contributed by atoms with Crippen molar-refractivity contribution in [1.82, 2.24) is 0 Å². The van der Waals surface area contributed by atoms with Crippen molar-refractivity contribution < 1.29 is 4.74 Å². The Morgan fingerprint density at radius 2 is 1.36 bits per heavy atom. The third-order valence-corrected chi connectivity index (χ3v) is 5.49. The Bertz CT molecular complexity index is 375. The molecule has 0 atom stereocenters. The van der Waals surface area contributed by atoms with Crippen LogP contribution < -0.4 is 4.74 Å². The van der Waals surface area contributed by atoms with Crippen molar-refractivity contribution >= 4 is 11.3 Å². The normalized spacial score (nSPS) is 11.8. The molecule has 0 unspecified atom stereocenters. The lowest BCUT2D eigenvalue weighted by atomic mass is 9.95. The number of thiophene rings is 1. The Morgan fingerprint density at radius 1 is 0.818 bits per heavy atom. The third-order valence-electron chi connectivity index (χ3n) is 4.06. The van der Waals surface area contributed by atoms with Crippen molar-refractivity contribution in [3.63, 3.8) is 0 Å². The molecule has 0 radical (unpaired) electrons. The maximum Gasteiger partial charge on any atom is 0.173 e. The Labute approximate surface area is 142 Å². The molecule has 0 aliphatic carbocycles. The van der Waals surface area contributed by atoms with Gasteiger partial charge in [-0.25, -0.2) is 0 Å². The summed E-state index contributed by atoms with van der Waals surface area (Å²) < 4.78 is 5.87. The van der Waals surface area contributed by atoms with Crippen molar-refractivity contribution in [3.05, 3.63) is 17.0 Å². The SMILES string of the molecule is CCCCCCCCCCCCOc1ccc(C(C)(C)C)s1. The first-order chi connectivity index (χ1) is 10.5. The first-order valence-corrected chi connectivity index (χ1v) is 10.1. The molecule has 1 aromatic rings. The van der Waals surface area contributed by atoms with Gasteiger partial charge in [-0.1, -0.05) is 85.5 Å². The van der Waals surface area contributed by atoms with E-state index in [0.29, 0.717) is 0 Å². The van der Waals surface area contributed by atoms with E-state index in [9.17, 15) is 0 Å². The van der Waals surface area contributed by atoms with Gasteiger partial charge < -0.3 is 4.74 Å². The van der Waals surface area contributed by atoms with Gasteiger partial charge in [-0.2, -0.15) is 0 Å². The highest BCUT2D eigenvalue weighted by Crippen LogP contribution is 2.33. The van der Waals surface area contributed by atoms with Crippen LogP contribution in [0.25, 0.3) is 0 Å². The van der Waals surface area contributed by atoms with E-state index in [-0.39, 0.29) is 5.41 Å². The zero-order chi connectivity index (χ0) is 16.3. The second kappa shape index (κ2) is 11.1. The summed E-state index contributed by atoms with van der Waals surface area (Å²) in [7, 11) is 0. The van der Waals surface area contributed by atoms with Gasteiger partial charge in [-0.3, -0.25) is 0 Å². The third kappa shape index (κ3) is 8.82. The zero-order valence-corrected chi connectivity index (χ0v) is 16.1. The molecule has 0 bridgehead atoms. The molecule has 1 rings (SSSR count). The predicted molar refractivity (Wildman–Crippen MR) is 100 cm³/mol. The molecule has 1 nitrogen and oxygen atoms in total. The van der Waals surface area contributed by atoms with E-state index in [2.05, 4.69) is 39.8 Å². The lowest BCUT2D eigenvalue weighted by Crippen LogP contribution is -2.07. The highest BCUT2D eigenvalue weighted by Gasteiger charge is 2.16. The molecule has 0 fully saturated rings. The van der Waals surface area contributed by atoms with Crippen molar-refractivity contribution in [2.75, 3.05) is 6.61 Å². The number of hydrogen-bond acceptors (Lipinski definition) is 2. The minimum atomic E-state index is 0.239. The van der Waals surface area contributed by atoms with E-state index in [4.69, 9.17) is 4.74 Å². The molecule has 2 heteroatoms. The highest BCUT2D eigenvalue weighted by molar-refractivity contribution is 7.14. The Kier molecular flexibility index (Phi) is 9.86. The van der Waals surface area contributed by atoms with Gasteiger partial charge in [0.2, 0.25) is 0 Å². The summed E-state index contributed by atoms with van der Waals surface area (Å²) in [5.74, 6) is 0. The van der Waals surface area contributed by atoms with E-state index in [1.54, 1.807) is 11.3 Å². The van der Waals surface area contributed by atoms with E-state index in [1.807, 2.05) is 0 Å². The second-order valence-electron chi connectivity index (χ2n) is 7.40. The fraction of sp³-hybridized carbons (Fsp3) is 0.800. The second-order valence-corrected chi connectivity index (χ2v) is 8.45. The molecule has 0 aromatic carbocycles. The molecule has 0 spiro atoms. The Balaban J connectivity index is 1.94. The molecular formula is C20H36OS. The molecule has 0 N–H and O–H groups in total. The molecular weight excluding hydrogens is 288 g/mol. The summed E-state index contributed by atoms with van der Waals surface area (Å²) in [5.41, 5.74) is 0.239. The van der Waals surface area contributed by atoms with Crippen LogP contribution in [-0.4, -0.2) is 6.61 Å². The number of unbranched alkanes of at least 4 members (excludes halogenated alkanes) is 9. The maximum atomic E-state index is 5.87. The molecule has 0 saturated heterocycles. The molecule has 0 aliphatic heterocycles. The molecule has 0 amide bonds. The minimum Gasteiger partial charge on any atom is -0.484 e. The number of hydrogen-bond donors (Lipinski definition) is 0. The summed E-state index contributed by atoms with van der Waals surface area (Å²) in [6.07, 6.45) is 13.8. The minimum absolute atomic E-state index is 0.239. The van der Waals surface area contributed by atoms with Crippen LogP contribution in [-0.2, 0) is 5.41 Å². The van der Waals surface area contributed by atoms with Crippen molar-refractivity contribution in [2.24, 2.45) is 0 Å². The average Bonchev–Trinajstić information content (AvgIpc) is 2.94. The first kappa shape index (κ1) is 19.5. The first-order valence-electron chi connectivity index (χ1n) is 9.27. The number of ether oxygens (including phenoxy) is 1. The van der Waals surface area contributed by atoms with Gasteiger partial charge in [0.15, 0.2) is 5.06 Å². The molecule has 0 aliphatic rings. The smallest absolute Gasteiger partial charge is 0.173 e. The Hall–Kier alpha value is -0.500. The molecule has 1 aromatic heterocycles. The summed E-state index contributed by atoms with van der Waals surface area (Å²) >= 11 is 1.80. The standard InChI is InChI=1S/C20H36OS/c1-5-6-7-8-9-10-11-12-13-14-17-21-19-16-15-18(22-19)20(2,3)4/h15-16H,5-14,17H2,1-4H3. The van der Waals surface area contributed by atoms with Gasteiger partial charge in [-0.15, -0.1) is 11.3 Å². The van der Waals surface area contributed by atoms with Crippen LogP contribution in [0.15, 0.2) is 12.1 Å². The molecule has 1 heterocycles. The topological polar surface area (TPSA) is 9.23 Å². The van der Waals surface area contributed by atoms with Gasteiger partial charge in [0.25, 0.3) is 0 Å². The van der Waals surface area contributed by atoms with Crippen LogP contribution in [0.5, 0.6) is 5.06 Å².